The summed E-state index contributed by atoms with van der Waals surface area (Å²) in [6, 6.07) is 6.07. The molecule has 1 heterocycles. The zero-order valence-electron chi connectivity index (χ0n) is 10.3. The summed E-state index contributed by atoms with van der Waals surface area (Å²) >= 11 is 0. The first-order chi connectivity index (χ1) is 8.40. The van der Waals surface area contributed by atoms with Crippen LogP contribution >= 0.6 is 0 Å². The molecule has 1 aliphatic heterocycles. The van der Waals surface area contributed by atoms with Gasteiger partial charge in [0, 0.05) is 19.6 Å². The van der Waals surface area contributed by atoms with Gasteiger partial charge in [0.05, 0.1) is 0 Å². The van der Waals surface area contributed by atoms with E-state index in [0.29, 0.717) is 6.79 Å². The van der Waals surface area contributed by atoms with Gasteiger partial charge in [0.25, 0.3) is 0 Å². The van der Waals surface area contributed by atoms with Crippen LogP contribution in [0.25, 0.3) is 0 Å². The summed E-state index contributed by atoms with van der Waals surface area (Å²) < 4.78 is 10.6. The highest BCUT2D eigenvalue weighted by Gasteiger charge is 2.12. The highest BCUT2D eigenvalue weighted by Crippen LogP contribution is 2.32. The summed E-state index contributed by atoms with van der Waals surface area (Å²) in [4.78, 5) is 0. The molecule has 0 atom stereocenters. The van der Waals surface area contributed by atoms with Gasteiger partial charge in [0.2, 0.25) is 6.79 Å². The quantitative estimate of drug-likeness (QED) is 0.704. The molecule has 0 spiro atoms. The van der Waals surface area contributed by atoms with Crippen LogP contribution < -0.4 is 20.1 Å². The van der Waals surface area contributed by atoms with Crippen LogP contribution in [0.2, 0.25) is 0 Å². The van der Waals surface area contributed by atoms with Gasteiger partial charge in [0.15, 0.2) is 11.5 Å². The predicted molar refractivity (Wildman–Crippen MR) is 67.4 cm³/mol. The lowest BCUT2D eigenvalue weighted by Gasteiger charge is -2.06. The predicted octanol–water partition coefficient (Wildman–Crippen LogP) is 1.50. The van der Waals surface area contributed by atoms with Gasteiger partial charge in [-0.2, -0.15) is 0 Å². The Labute approximate surface area is 102 Å². The van der Waals surface area contributed by atoms with Gasteiger partial charge in [-0.3, -0.25) is 0 Å². The number of ether oxygens (including phenoxy) is 2. The molecule has 0 amide bonds. The van der Waals surface area contributed by atoms with Crippen molar-refractivity contribution in [2.75, 3.05) is 26.4 Å². The third-order valence-electron chi connectivity index (χ3n) is 2.67. The normalized spacial score (nSPS) is 13.0. The molecule has 0 saturated carbocycles. The molecule has 0 unspecified atom stereocenters. The lowest BCUT2D eigenvalue weighted by Crippen LogP contribution is -2.27. The Morgan fingerprint density at radius 2 is 1.88 bits per heavy atom. The first kappa shape index (κ1) is 12.2. The monoisotopic (exact) mass is 236 g/mol. The molecular formula is C13H20N2O2. The second-order valence-electron chi connectivity index (χ2n) is 4.11. The molecule has 1 aromatic rings. The van der Waals surface area contributed by atoms with Gasteiger partial charge >= 0.3 is 0 Å². The molecule has 0 fully saturated rings. The second kappa shape index (κ2) is 6.47. The van der Waals surface area contributed by atoms with Gasteiger partial charge in [-0.25, -0.2) is 0 Å². The summed E-state index contributed by atoms with van der Waals surface area (Å²) in [5.74, 6) is 1.70. The number of hydrogen-bond acceptors (Lipinski definition) is 4. The van der Waals surface area contributed by atoms with Crippen molar-refractivity contribution >= 4 is 0 Å². The van der Waals surface area contributed by atoms with Crippen molar-refractivity contribution in [1.82, 2.24) is 10.6 Å². The van der Waals surface area contributed by atoms with Crippen LogP contribution in [0.5, 0.6) is 11.5 Å². The summed E-state index contributed by atoms with van der Waals surface area (Å²) in [6.45, 7) is 6.46. The highest BCUT2D eigenvalue weighted by atomic mass is 16.7. The fourth-order valence-corrected chi connectivity index (χ4v) is 1.76. The second-order valence-corrected chi connectivity index (χ2v) is 4.11. The van der Waals surface area contributed by atoms with E-state index in [2.05, 4.69) is 23.6 Å². The van der Waals surface area contributed by atoms with Crippen LogP contribution in [0.3, 0.4) is 0 Å². The SMILES string of the molecule is CCCNCCNCc1ccc2c(c1)OCO2. The van der Waals surface area contributed by atoms with E-state index in [9.17, 15) is 0 Å². The number of nitrogens with one attached hydrogen (secondary N) is 2. The summed E-state index contributed by atoms with van der Waals surface area (Å²) in [7, 11) is 0. The van der Waals surface area contributed by atoms with Gasteiger partial charge < -0.3 is 20.1 Å². The van der Waals surface area contributed by atoms with E-state index in [-0.39, 0.29) is 0 Å². The van der Waals surface area contributed by atoms with Crippen molar-refractivity contribution in [2.45, 2.75) is 19.9 Å². The molecule has 94 valence electrons. The molecule has 2 N–H and O–H groups in total. The minimum Gasteiger partial charge on any atom is -0.454 e. The molecule has 0 aromatic heterocycles. The van der Waals surface area contributed by atoms with Gasteiger partial charge in [-0.15, -0.1) is 0 Å². The van der Waals surface area contributed by atoms with Crippen LogP contribution in [0.15, 0.2) is 18.2 Å². The van der Waals surface area contributed by atoms with Crippen molar-refractivity contribution < 1.29 is 9.47 Å². The lowest BCUT2D eigenvalue weighted by molar-refractivity contribution is 0.174. The lowest BCUT2D eigenvalue weighted by atomic mass is 10.2. The van der Waals surface area contributed by atoms with E-state index < -0.39 is 0 Å². The van der Waals surface area contributed by atoms with Crippen molar-refractivity contribution in [3.05, 3.63) is 23.8 Å². The molecule has 4 nitrogen and oxygen atoms in total. The van der Waals surface area contributed by atoms with Crippen molar-refractivity contribution in [2.24, 2.45) is 0 Å². The number of hydrogen-bond donors (Lipinski definition) is 2. The van der Waals surface area contributed by atoms with Crippen LogP contribution in [-0.4, -0.2) is 26.4 Å². The van der Waals surface area contributed by atoms with E-state index in [1.165, 1.54) is 12.0 Å². The summed E-state index contributed by atoms with van der Waals surface area (Å²) in [5, 5.41) is 6.75. The summed E-state index contributed by atoms with van der Waals surface area (Å²) in [5.41, 5.74) is 1.23. The minimum absolute atomic E-state index is 0.340. The maximum Gasteiger partial charge on any atom is 0.231 e. The standard InChI is InChI=1S/C13H20N2O2/c1-2-5-14-6-7-15-9-11-3-4-12-13(8-11)17-10-16-12/h3-4,8,14-15H,2,5-7,9-10H2,1H3. The fourth-order valence-electron chi connectivity index (χ4n) is 1.76. The van der Waals surface area contributed by atoms with Gasteiger partial charge in [-0.05, 0) is 30.7 Å². The Kier molecular flexibility index (Phi) is 4.64. The molecule has 0 radical (unpaired) electrons. The Balaban J connectivity index is 1.69. The molecule has 0 saturated heterocycles. The average Bonchev–Trinajstić information content (AvgIpc) is 2.81. The fraction of sp³-hybridized carbons (Fsp3) is 0.538. The Bertz CT molecular complexity index is 355. The number of rotatable bonds is 7. The van der Waals surface area contributed by atoms with Crippen LogP contribution in [0, 0.1) is 0 Å². The van der Waals surface area contributed by atoms with Crippen molar-refractivity contribution in [1.29, 1.82) is 0 Å². The zero-order chi connectivity index (χ0) is 11.9. The minimum atomic E-state index is 0.340. The maximum absolute atomic E-state index is 5.34. The highest BCUT2D eigenvalue weighted by molar-refractivity contribution is 5.44. The smallest absolute Gasteiger partial charge is 0.231 e. The molecule has 1 aliphatic rings. The van der Waals surface area contributed by atoms with E-state index in [1.54, 1.807) is 0 Å². The maximum atomic E-state index is 5.34. The number of fused-ring (bicyclic) bond motifs is 1. The Morgan fingerprint density at radius 1 is 1.06 bits per heavy atom. The molecule has 0 bridgehead atoms. The van der Waals surface area contributed by atoms with Gasteiger partial charge in [0.1, 0.15) is 0 Å². The van der Waals surface area contributed by atoms with Crippen LogP contribution in [0.1, 0.15) is 18.9 Å². The molecule has 4 heteroatoms. The molecular weight excluding hydrogens is 216 g/mol. The van der Waals surface area contributed by atoms with Gasteiger partial charge in [-0.1, -0.05) is 13.0 Å². The van der Waals surface area contributed by atoms with E-state index >= 15 is 0 Å². The van der Waals surface area contributed by atoms with Crippen LogP contribution in [0.4, 0.5) is 0 Å². The van der Waals surface area contributed by atoms with Crippen molar-refractivity contribution in [3.8, 4) is 11.5 Å². The Morgan fingerprint density at radius 3 is 2.76 bits per heavy atom. The third-order valence-corrected chi connectivity index (χ3v) is 2.67. The largest absolute Gasteiger partial charge is 0.454 e. The Hall–Kier alpha value is -1.26. The molecule has 1 aromatic carbocycles. The molecule has 0 aliphatic carbocycles. The van der Waals surface area contributed by atoms with E-state index in [0.717, 1.165) is 37.7 Å². The molecule has 17 heavy (non-hydrogen) atoms. The average molecular weight is 236 g/mol. The van der Waals surface area contributed by atoms with Crippen molar-refractivity contribution in [3.63, 3.8) is 0 Å². The zero-order valence-corrected chi connectivity index (χ0v) is 10.3. The molecule has 2 rings (SSSR count). The first-order valence-electron chi connectivity index (χ1n) is 6.20. The first-order valence-corrected chi connectivity index (χ1v) is 6.20. The van der Waals surface area contributed by atoms with Crippen LogP contribution in [-0.2, 0) is 6.54 Å². The van der Waals surface area contributed by atoms with E-state index in [4.69, 9.17) is 9.47 Å². The number of benzene rings is 1. The third kappa shape index (κ3) is 3.61. The topological polar surface area (TPSA) is 42.5 Å². The van der Waals surface area contributed by atoms with E-state index in [1.807, 2.05) is 12.1 Å². The summed E-state index contributed by atoms with van der Waals surface area (Å²) in [6.07, 6.45) is 1.18.